The smallest absolute Gasteiger partial charge is 0.109 e. The second-order valence-corrected chi connectivity index (χ2v) is 5.06. The Labute approximate surface area is 125 Å². The summed E-state index contributed by atoms with van der Waals surface area (Å²) >= 11 is 6.14. The lowest BCUT2D eigenvalue weighted by Crippen LogP contribution is -2.24. The highest BCUT2D eigenvalue weighted by Gasteiger charge is 2.22. The van der Waals surface area contributed by atoms with Gasteiger partial charge >= 0.3 is 0 Å². The van der Waals surface area contributed by atoms with Gasteiger partial charge in [-0.1, -0.05) is 60.1 Å². The van der Waals surface area contributed by atoms with E-state index in [1.54, 1.807) is 0 Å². The van der Waals surface area contributed by atoms with E-state index in [1.807, 2.05) is 61.5 Å². The molecule has 1 N–H and O–H groups in total. The topological polar surface area (TPSA) is 29.5 Å². The van der Waals surface area contributed by atoms with Gasteiger partial charge in [-0.3, -0.25) is 0 Å². The van der Waals surface area contributed by atoms with Gasteiger partial charge in [-0.15, -0.1) is 0 Å². The number of aliphatic hydroxyl groups excluding tert-OH is 1. The summed E-state index contributed by atoms with van der Waals surface area (Å²) in [7, 11) is 0. The van der Waals surface area contributed by atoms with Crippen LogP contribution in [0.4, 0.5) is 0 Å². The Morgan fingerprint density at radius 3 is 2.35 bits per heavy atom. The van der Waals surface area contributed by atoms with Crippen LogP contribution < -0.4 is 0 Å². The molecule has 3 heteroatoms. The summed E-state index contributed by atoms with van der Waals surface area (Å²) in [5.41, 5.74) is 1.91. The largest absolute Gasteiger partial charge is 0.390 e. The molecule has 2 atom stereocenters. The van der Waals surface area contributed by atoms with E-state index >= 15 is 0 Å². The summed E-state index contributed by atoms with van der Waals surface area (Å²) in [5.74, 6) is 0. The molecule has 2 rings (SSSR count). The summed E-state index contributed by atoms with van der Waals surface area (Å²) in [6.07, 6.45) is -0.492. The van der Waals surface area contributed by atoms with E-state index in [0.717, 1.165) is 11.1 Å². The molecule has 2 aromatic carbocycles. The number of ether oxygens (including phenoxy) is 1. The normalized spacial score (nSPS) is 13.9. The summed E-state index contributed by atoms with van der Waals surface area (Å²) in [6.45, 7) is 2.48. The molecule has 0 saturated heterocycles. The monoisotopic (exact) mass is 290 g/mol. The van der Waals surface area contributed by atoms with Gasteiger partial charge in [-0.05, 0) is 24.1 Å². The van der Waals surface area contributed by atoms with Gasteiger partial charge in [-0.25, -0.2) is 0 Å². The zero-order valence-electron chi connectivity index (χ0n) is 11.5. The van der Waals surface area contributed by atoms with Crippen LogP contribution in [0.15, 0.2) is 54.6 Å². The number of hydrogen-bond donors (Lipinski definition) is 1. The van der Waals surface area contributed by atoms with Crippen molar-refractivity contribution in [2.24, 2.45) is 0 Å². The van der Waals surface area contributed by atoms with E-state index in [2.05, 4.69) is 0 Å². The lowest BCUT2D eigenvalue weighted by molar-refractivity contribution is -0.0339. The molecule has 0 fully saturated rings. The Kier molecular flexibility index (Phi) is 5.60. The number of rotatable bonds is 6. The van der Waals surface area contributed by atoms with Crippen molar-refractivity contribution in [1.29, 1.82) is 0 Å². The van der Waals surface area contributed by atoms with Gasteiger partial charge in [0, 0.05) is 18.1 Å². The second kappa shape index (κ2) is 7.44. The molecule has 0 amide bonds. The maximum Gasteiger partial charge on any atom is 0.109 e. The first-order chi connectivity index (χ1) is 9.72. The van der Waals surface area contributed by atoms with Crippen LogP contribution in [0.3, 0.4) is 0 Å². The Hall–Kier alpha value is -1.35. The third-order valence-electron chi connectivity index (χ3n) is 3.21. The maximum absolute atomic E-state index is 10.5. The standard InChI is InChI=1S/C17H19ClO2/c1-2-20-17(13-8-4-3-5-9-13)16(19)12-14-10-6-7-11-15(14)18/h3-11,16-17,19H,2,12H2,1H3. The van der Waals surface area contributed by atoms with E-state index < -0.39 is 6.10 Å². The van der Waals surface area contributed by atoms with Gasteiger partial charge < -0.3 is 9.84 Å². The Balaban J connectivity index is 2.16. The molecule has 106 valence electrons. The minimum atomic E-state index is -0.628. The van der Waals surface area contributed by atoms with Crippen LogP contribution in [-0.4, -0.2) is 17.8 Å². The molecule has 0 aliphatic heterocycles. The van der Waals surface area contributed by atoms with Crippen LogP contribution in [0, 0.1) is 0 Å². The van der Waals surface area contributed by atoms with E-state index in [9.17, 15) is 5.11 Å². The first-order valence-electron chi connectivity index (χ1n) is 6.80. The van der Waals surface area contributed by atoms with Crippen molar-refractivity contribution >= 4 is 11.6 Å². The summed E-state index contributed by atoms with van der Waals surface area (Å²) in [6, 6.07) is 17.4. The van der Waals surface area contributed by atoms with E-state index in [1.165, 1.54) is 0 Å². The highest BCUT2D eigenvalue weighted by atomic mass is 35.5. The van der Waals surface area contributed by atoms with Crippen molar-refractivity contribution in [3.63, 3.8) is 0 Å². The first kappa shape index (κ1) is 15.0. The third-order valence-corrected chi connectivity index (χ3v) is 3.58. The fourth-order valence-corrected chi connectivity index (χ4v) is 2.46. The van der Waals surface area contributed by atoms with Crippen LogP contribution in [0.5, 0.6) is 0 Å². The van der Waals surface area contributed by atoms with Crippen molar-refractivity contribution in [2.75, 3.05) is 6.61 Å². The average molecular weight is 291 g/mol. The van der Waals surface area contributed by atoms with Gasteiger partial charge in [-0.2, -0.15) is 0 Å². The van der Waals surface area contributed by atoms with E-state index in [4.69, 9.17) is 16.3 Å². The Morgan fingerprint density at radius 2 is 1.70 bits per heavy atom. The molecular formula is C17H19ClO2. The molecule has 0 bridgehead atoms. The number of aliphatic hydroxyl groups is 1. The Morgan fingerprint density at radius 1 is 1.05 bits per heavy atom. The summed E-state index contributed by atoms with van der Waals surface area (Å²) in [5, 5.41) is 11.2. The number of benzene rings is 2. The quantitative estimate of drug-likeness (QED) is 0.871. The average Bonchev–Trinajstić information content (AvgIpc) is 2.48. The van der Waals surface area contributed by atoms with Crippen molar-refractivity contribution in [1.82, 2.24) is 0 Å². The minimum Gasteiger partial charge on any atom is -0.390 e. The van der Waals surface area contributed by atoms with Crippen LogP contribution >= 0.6 is 11.6 Å². The lowest BCUT2D eigenvalue weighted by atomic mass is 9.98. The minimum absolute atomic E-state index is 0.336. The van der Waals surface area contributed by atoms with Gasteiger partial charge in [0.05, 0.1) is 6.10 Å². The zero-order chi connectivity index (χ0) is 14.4. The Bertz CT molecular complexity index is 528. The first-order valence-corrected chi connectivity index (χ1v) is 7.18. The molecule has 0 saturated carbocycles. The molecule has 0 aromatic heterocycles. The van der Waals surface area contributed by atoms with Crippen LogP contribution in [-0.2, 0) is 11.2 Å². The van der Waals surface area contributed by atoms with Crippen molar-refractivity contribution in [2.45, 2.75) is 25.6 Å². The van der Waals surface area contributed by atoms with Crippen molar-refractivity contribution in [3.05, 3.63) is 70.7 Å². The molecule has 2 aromatic rings. The number of halogens is 1. The summed E-state index contributed by atoms with van der Waals surface area (Å²) in [4.78, 5) is 0. The fourth-order valence-electron chi connectivity index (χ4n) is 2.25. The summed E-state index contributed by atoms with van der Waals surface area (Å²) < 4.78 is 5.71. The molecule has 2 nitrogen and oxygen atoms in total. The van der Waals surface area contributed by atoms with Crippen molar-refractivity contribution in [3.8, 4) is 0 Å². The number of hydrogen-bond acceptors (Lipinski definition) is 2. The predicted molar refractivity (Wildman–Crippen MR) is 82.0 cm³/mol. The second-order valence-electron chi connectivity index (χ2n) is 4.65. The van der Waals surface area contributed by atoms with Crippen molar-refractivity contribution < 1.29 is 9.84 Å². The molecule has 0 radical (unpaired) electrons. The van der Waals surface area contributed by atoms with E-state index in [-0.39, 0.29) is 6.10 Å². The third kappa shape index (κ3) is 3.83. The lowest BCUT2D eigenvalue weighted by Gasteiger charge is -2.23. The molecule has 0 spiro atoms. The van der Waals surface area contributed by atoms with Crippen LogP contribution in [0.1, 0.15) is 24.2 Å². The van der Waals surface area contributed by atoms with Crippen LogP contribution in [0.2, 0.25) is 5.02 Å². The molecular weight excluding hydrogens is 272 g/mol. The maximum atomic E-state index is 10.5. The fraction of sp³-hybridized carbons (Fsp3) is 0.294. The predicted octanol–water partition coefficient (Wildman–Crippen LogP) is 4.02. The SMILES string of the molecule is CCOC(c1ccccc1)C(O)Cc1ccccc1Cl. The molecule has 20 heavy (non-hydrogen) atoms. The van der Waals surface area contributed by atoms with Gasteiger partial charge in [0.15, 0.2) is 0 Å². The van der Waals surface area contributed by atoms with Gasteiger partial charge in [0.2, 0.25) is 0 Å². The van der Waals surface area contributed by atoms with Crippen LogP contribution in [0.25, 0.3) is 0 Å². The highest BCUT2D eigenvalue weighted by Crippen LogP contribution is 2.26. The molecule has 0 aliphatic carbocycles. The van der Waals surface area contributed by atoms with Gasteiger partial charge in [0.25, 0.3) is 0 Å². The highest BCUT2D eigenvalue weighted by molar-refractivity contribution is 6.31. The molecule has 0 aliphatic rings. The molecule has 2 unspecified atom stereocenters. The van der Waals surface area contributed by atoms with E-state index in [0.29, 0.717) is 18.1 Å². The zero-order valence-corrected chi connectivity index (χ0v) is 12.3. The van der Waals surface area contributed by atoms with Gasteiger partial charge in [0.1, 0.15) is 6.10 Å². The molecule has 0 heterocycles.